The predicted octanol–water partition coefficient (Wildman–Crippen LogP) is 3.28. The molecule has 0 aliphatic rings. The van der Waals surface area contributed by atoms with E-state index in [2.05, 4.69) is 20.5 Å². The van der Waals surface area contributed by atoms with E-state index in [0.717, 1.165) is 43.8 Å². The molecule has 0 radical (unpaired) electrons. The van der Waals surface area contributed by atoms with E-state index in [9.17, 15) is 26.0 Å². The Hall–Kier alpha value is -3.89. The van der Waals surface area contributed by atoms with Gasteiger partial charge in [0.25, 0.3) is 15.9 Å². The normalized spacial score (nSPS) is 11.9. The lowest BCUT2D eigenvalue weighted by atomic mass is 10.0. The molecule has 11 nitrogen and oxygen atoms in total. The van der Waals surface area contributed by atoms with Gasteiger partial charge in [0.15, 0.2) is 22.2 Å². The lowest BCUT2D eigenvalue weighted by Gasteiger charge is -2.14. The number of aromatic amines is 1. The van der Waals surface area contributed by atoms with Crippen molar-refractivity contribution >= 4 is 54.0 Å². The molecule has 2 aromatic carbocycles. The molecule has 0 saturated carbocycles. The van der Waals surface area contributed by atoms with Crippen molar-refractivity contribution in [3.8, 4) is 17.0 Å². The molecule has 1 amide bonds. The monoisotopic (exact) mass is 617 g/mol. The topological polar surface area (TPSA) is 160 Å². The Morgan fingerprint density at radius 2 is 1.82 bits per heavy atom. The number of sulfone groups is 1. The zero-order valence-electron chi connectivity index (χ0n) is 20.6. The fourth-order valence-corrected chi connectivity index (χ4v) is 5.59. The highest BCUT2D eigenvalue weighted by Gasteiger charge is 2.27. The van der Waals surface area contributed by atoms with Gasteiger partial charge < -0.3 is 10.1 Å². The summed E-state index contributed by atoms with van der Waals surface area (Å²) in [6, 6.07) is 4.73. The Morgan fingerprint density at radius 1 is 1.10 bits per heavy atom. The van der Waals surface area contributed by atoms with Crippen LogP contribution in [0.3, 0.4) is 0 Å². The van der Waals surface area contributed by atoms with E-state index in [1.54, 1.807) is 0 Å². The standard InChI is InChI=1S/C23H19ClF3N5O6S2/c1-38-23-16(9-11(24)10-29-23)40(36,37)32-15-6-5-14(25)17(19(15)27)12-3-4-13-20(18(12)26)30-31-21(13)22(33)28-7-8-39(2,34)35/h3-6,9-10,32H,7-8H2,1-2H3,(H,28,33)(H,30,31). The van der Waals surface area contributed by atoms with Gasteiger partial charge >= 0.3 is 0 Å². The highest BCUT2D eigenvalue weighted by atomic mass is 35.5. The number of carbonyl (C=O) groups excluding carboxylic acids is 1. The van der Waals surface area contributed by atoms with Crippen LogP contribution < -0.4 is 14.8 Å². The number of fused-ring (bicyclic) bond motifs is 1. The molecule has 0 aliphatic heterocycles. The lowest BCUT2D eigenvalue weighted by Crippen LogP contribution is -2.29. The molecule has 4 aromatic rings. The van der Waals surface area contributed by atoms with Gasteiger partial charge in [0, 0.05) is 29.9 Å². The van der Waals surface area contributed by atoms with Crippen LogP contribution in [0.2, 0.25) is 5.02 Å². The van der Waals surface area contributed by atoms with Crippen LogP contribution in [-0.2, 0) is 19.9 Å². The van der Waals surface area contributed by atoms with Gasteiger partial charge in [0.2, 0.25) is 5.88 Å². The molecular weight excluding hydrogens is 599 g/mol. The maximum Gasteiger partial charge on any atom is 0.272 e. The van der Waals surface area contributed by atoms with Crippen LogP contribution >= 0.6 is 11.6 Å². The molecule has 2 heterocycles. The fourth-order valence-electron chi connectivity index (χ4n) is 3.69. The Kier molecular flexibility index (Phi) is 7.96. The van der Waals surface area contributed by atoms with Crippen molar-refractivity contribution < 1.29 is 39.5 Å². The molecule has 0 fully saturated rings. The van der Waals surface area contributed by atoms with E-state index in [0.29, 0.717) is 0 Å². The molecular formula is C23H19ClF3N5O6S2. The van der Waals surface area contributed by atoms with Crippen LogP contribution in [0.15, 0.2) is 41.4 Å². The maximum absolute atomic E-state index is 15.5. The summed E-state index contributed by atoms with van der Waals surface area (Å²) in [5.74, 6) is -5.31. The first-order valence-corrected chi connectivity index (χ1v) is 15.0. The second-order valence-corrected chi connectivity index (χ2v) is 12.7. The number of nitrogens with zero attached hydrogens (tertiary/aromatic N) is 2. The van der Waals surface area contributed by atoms with Gasteiger partial charge in [-0.2, -0.15) is 5.10 Å². The van der Waals surface area contributed by atoms with Crippen molar-refractivity contribution in [3.05, 3.63) is 64.7 Å². The number of carbonyl (C=O) groups is 1. The number of hydrogen-bond donors (Lipinski definition) is 3. The smallest absolute Gasteiger partial charge is 0.272 e. The molecule has 0 unspecified atom stereocenters. The van der Waals surface area contributed by atoms with Gasteiger partial charge in [-0.25, -0.2) is 35.0 Å². The van der Waals surface area contributed by atoms with Crippen LogP contribution in [-0.4, -0.2) is 63.6 Å². The van der Waals surface area contributed by atoms with E-state index in [4.69, 9.17) is 16.3 Å². The predicted molar refractivity (Wildman–Crippen MR) is 140 cm³/mol. The average Bonchev–Trinajstić information content (AvgIpc) is 3.31. The molecule has 17 heteroatoms. The molecule has 40 heavy (non-hydrogen) atoms. The summed E-state index contributed by atoms with van der Waals surface area (Å²) in [7, 11) is -6.75. The highest BCUT2D eigenvalue weighted by molar-refractivity contribution is 7.92. The van der Waals surface area contributed by atoms with Crippen LogP contribution in [0.1, 0.15) is 10.5 Å². The van der Waals surface area contributed by atoms with Crippen LogP contribution in [0.25, 0.3) is 22.0 Å². The van der Waals surface area contributed by atoms with E-state index >= 15 is 8.78 Å². The molecule has 2 aromatic heterocycles. The summed E-state index contributed by atoms with van der Waals surface area (Å²) >= 11 is 5.84. The average molecular weight is 618 g/mol. The quantitative estimate of drug-likeness (QED) is 0.258. The van der Waals surface area contributed by atoms with Crippen LogP contribution in [0, 0.1) is 17.5 Å². The van der Waals surface area contributed by atoms with Crippen molar-refractivity contribution in [2.24, 2.45) is 0 Å². The minimum absolute atomic E-state index is 0.0451. The summed E-state index contributed by atoms with van der Waals surface area (Å²) in [5, 5.41) is 8.27. The van der Waals surface area contributed by atoms with Crippen LogP contribution in [0.4, 0.5) is 18.9 Å². The molecule has 212 valence electrons. The molecule has 0 saturated heterocycles. The number of anilines is 1. The minimum atomic E-state index is -4.56. The van der Waals surface area contributed by atoms with Gasteiger partial charge in [0.1, 0.15) is 21.2 Å². The second kappa shape index (κ2) is 10.9. The maximum atomic E-state index is 15.5. The first-order chi connectivity index (χ1) is 18.7. The molecule has 0 bridgehead atoms. The molecule has 0 spiro atoms. The van der Waals surface area contributed by atoms with E-state index in [-0.39, 0.29) is 39.8 Å². The number of halogens is 4. The van der Waals surface area contributed by atoms with Crippen molar-refractivity contribution in [1.29, 1.82) is 0 Å². The van der Waals surface area contributed by atoms with E-state index in [1.807, 2.05) is 4.72 Å². The zero-order valence-corrected chi connectivity index (χ0v) is 22.9. The summed E-state index contributed by atoms with van der Waals surface area (Å²) in [6.07, 6.45) is 2.12. The summed E-state index contributed by atoms with van der Waals surface area (Å²) < 4.78 is 101. The molecule has 0 aliphatic carbocycles. The third kappa shape index (κ3) is 5.83. The number of pyridine rings is 1. The highest BCUT2D eigenvalue weighted by Crippen LogP contribution is 2.36. The third-order valence-electron chi connectivity index (χ3n) is 5.52. The van der Waals surface area contributed by atoms with Gasteiger partial charge in [-0.3, -0.25) is 14.6 Å². The number of H-pyrrole nitrogens is 1. The number of nitrogens with one attached hydrogen (secondary N) is 3. The van der Waals surface area contributed by atoms with Gasteiger partial charge in [-0.05, 0) is 24.3 Å². The van der Waals surface area contributed by atoms with Gasteiger partial charge in [0.05, 0.1) is 29.1 Å². The molecule has 4 rings (SSSR count). The number of aromatic nitrogens is 3. The SMILES string of the molecule is COc1ncc(Cl)cc1S(=O)(=O)Nc1ccc(F)c(-c2ccc3c(C(=O)NCCS(C)(=O)=O)n[nH]c3c2F)c1F. The lowest BCUT2D eigenvalue weighted by molar-refractivity contribution is 0.0952. The first kappa shape index (κ1) is 29.1. The van der Waals surface area contributed by atoms with Crippen molar-refractivity contribution in [3.63, 3.8) is 0 Å². The molecule has 3 N–H and O–H groups in total. The van der Waals surface area contributed by atoms with Crippen LogP contribution in [0.5, 0.6) is 5.88 Å². The minimum Gasteiger partial charge on any atom is -0.480 e. The number of methoxy groups -OCH3 is 1. The van der Waals surface area contributed by atoms with Crippen molar-refractivity contribution in [2.75, 3.05) is 30.4 Å². The number of sulfonamides is 1. The zero-order chi connectivity index (χ0) is 29.4. The number of hydrogen-bond acceptors (Lipinski definition) is 8. The van der Waals surface area contributed by atoms with Crippen molar-refractivity contribution in [1.82, 2.24) is 20.5 Å². The Morgan fingerprint density at radius 3 is 2.50 bits per heavy atom. The largest absolute Gasteiger partial charge is 0.480 e. The van der Waals surface area contributed by atoms with E-state index in [1.165, 1.54) is 6.07 Å². The number of amides is 1. The second-order valence-electron chi connectivity index (χ2n) is 8.36. The number of benzene rings is 2. The third-order valence-corrected chi connectivity index (χ3v) is 8.04. The number of ether oxygens (including phenoxy) is 1. The van der Waals surface area contributed by atoms with Gasteiger partial charge in [-0.1, -0.05) is 17.7 Å². The Balaban J connectivity index is 1.71. The molecule has 0 atom stereocenters. The Bertz CT molecular complexity index is 1870. The summed E-state index contributed by atoms with van der Waals surface area (Å²) in [5.41, 5.74) is -2.86. The number of rotatable bonds is 9. The fraction of sp³-hybridized carbons (Fsp3) is 0.174. The summed E-state index contributed by atoms with van der Waals surface area (Å²) in [4.78, 5) is 15.6. The van der Waals surface area contributed by atoms with Crippen molar-refractivity contribution in [2.45, 2.75) is 4.90 Å². The van der Waals surface area contributed by atoms with E-state index < -0.39 is 64.9 Å². The van der Waals surface area contributed by atoms with Gasteiger partial charge in [-0.15, -0.1) is 0 Å². The first-order valence-electron chi connectivity index (χ1n) is 11.1. The summed E-state index contributed by atoms with van der Waals surface area (Å²) in [6.45, 7) is -0.219. The Labute approximate surface area is 230 Å².